The minimum absolute atomic E-state index is 0.0990. The molecule has 0 saturated carbocycles. The summed E-state index contributed by atoms with van der Waals surface area (Å²) in [5, 5.41) is 14.4. The van der Waals surface area contributed by atoms with E-state index in [9.17, 15) is 0 Å². The number of hydrogen-bond donors (Lipinski definition) is 0. The standard InChI is InChI=1S/C15H15BrN4/c1-15(2,3)14-17-18-19-20(14)13-7-5-10-8-12(16)6-4-11(10)9-13/h4-9H,1-3H3. The van der Waals surface area contributed by atoms with E-state index in [1.165, 1.54) is 10.8 Å². The lowest BCUT2D eigenvalue weighted by Gasteiger charge is -2.17. The van der Waals surface area contributed by atoms with Gasteiger partial charge in [-0.25, -0.2) is 0 Å². The van der Waals surface area contributed by atoms with Crippen molar-refractivity contribution in [3.8, 4) is 5.69 Å². The van der Waals surface area contributed by atoms with Gasteiger partial charge in [-0.2, -0.15) is 4.68 Å². The molecule has 3 aromatic rings. The summed E-state index contributed by atoms with van der Waals surface area (Å²) in [5.41, 5.74) is 0.882. The molecule has 0 radical (unpaired) electrons. The van der Waals surface area contributed by atoms with Crippen LogP contribution in [0.15, 0.2) is 40.9 Å². The highest BCUT2D eigenvalue weighted by molar-refractivity contribution is 9.10. The molecule has 0 fully saturated rings. The van der Waals surface area contributed by atoms with Crippen molar-refractivity contribution in [2.75, 3.05) is 0 Å². The van der Waals surface area contributed by atoms with Crippen LogP contribution in [0.1, 0.15) is 26.6 Å². The third kappa shape index (κ3) is 2.33. The molecular formula is C15H15BrN4. The van der Waals surface area contributed by atoms with Crippen molar-refractivity contribution in [1.29, 1.82) is 0 Å². The van der Waals surface area contributed by atoms with E-state index in [1.807, 2.05) is 16.8 Å². The number of rotatable bonds is 1. The first-order valence-electron chi connectivity index (χ1n) is 6.44. The van der Waals surface area contributed by atoms with E-state index < -0.39 is 0 Å². The summed E-state index contributed by atoms with van der Waals surface area (Å²) < 4.78 is 2.89. The van der Waals surface area contributed by atoms with Crippen molar-refractivity contribution in [2.24, 2.45) is 0 Å². The molecule has 20 heavy (non-hydrogen) atoms. The van der Waals surface area contributed by atoms with Crippen LogP contribution in [-0.4, -0.2) is 20.2 Å². The van der Waals surface area contributed by atoms with Crippen molar-refractivity contribution in [3.63, 3.8) is 0 Å². The van der Waals surface area contributed by atoms with E-state index in [0.29, 0.717) is 0 Å². The molecule has 0 atom stereocenters. The Morgan fingerprint density at radius 3 is 2.45 bits per heavy atom. The first-order chi connectivity index (χ1) is 9.45. The molecule has 2 aromatic carbocycles. The molecule has 0 aliphatic carbocycles. The zero-order chi connectivity index (χ0) is 14.3. The normalized spacial score (nSPS) is 12.0. The minimum atomic E-state index is -0.0990. The highest BCUT2D eigenvalue weighted by Gasteiger charge is 2.22. The quantitative estimate of drug-likeness (QED) is 0.680. The van der Waals surface area contributed by atoms with E-state index in [4.69, 9.17) is 0 Å². The molecule has 1 aromatic heterocycles. The Morgan fingerprint density at radius 2 is 1.70 bits per heavy atom. The number of halogens is 1. The second-order valence-corrected chi connectivity index (χ2v) is 6.76. The maximum Gasteiger partial charge on any atom is 0.162 e. The van der Waals surface area contributed by atoms with Crippen LogP contribution in [0.2, 0.25) is 0 Å². The third-order valence-corrected chi connectivity index (χ3v) is 3.66. The lowest BCUT2D eigenvalue weighted by Crippen LogP contribution is -2.18. The van der Waals surface area contributed by atoms with Gasteiger partial charge in [-0.1, -0.05) is 48.8 Å². The molecular weight excluding hydrogens is 316 g/mol. The topological polar surface area (TPSA) is 43.6 Å². The van der Waals surface area contributed by atoms with Gasteiger partial charge in [0.2, 0.25) is 0 Å². The van der Waals surface area contributed by atoms with Crippen molar-refractivity contribution in [3.05, 3.63) is 46.7 Å². The van der Waals surface area contributed by atoms with Crippen LogP contribution in [0.4, 0.5) is 0 Å². The summed E-state index contributed by atoms with van der Waals surface area (Å²) in [6.07, 6.45) is 0. The summed E-state index contributed by atoms with van der Waals surface area (Å²) in [5.74, 6) is 0.856. The van der Waals surface area contributed by atoms with Crippen molar-refractivity contribution >= 4 is 26.7 Å². The Balaban J connectivity index is 2.16. The van der Waals surface area contributed by atoms with Crippen LogP contribution < -0.4 is 0 Å². The fraction of sp³-hybridized carbons (Fsp3) is 0.267. The summed E-state index contributed by atoms with van der Waals surface area (Å²) >= 11 is 3.49. The first kappa shape index (κ1) is 13.2. The molecule has 0 bridgehead atoms. The molecule has 4 nitrogen and oxygen atoms in total. The number of hydrogen-bond acceptors (Lipinski definition) is 3. The molecule has 0 N–H and O–H groups in total. The lowest BCUT2D eigenvalue weighted by atomic mass is 9.95. The molecule has 102 valence electrons. The van der Waals surface area contributed by atoms with Crippen LogP contribution in [0, 0.1) is 0 Å². The molecule has 0 amide bonds. The third-order valence-electron chi connectivity index (χ3n) is 3.17. The fourth-order valence-electron chi connectivity index (χ4n) is 2.16. The summed E-state index contributed by atoms with van der Waals surface area (Å²) in [6.45, 7) is 6.31. The van der Waals surface area contributed by atoms with E-state index in [-0.39, 0.29) is 5.41 Å². The largest absolute Gasteiger partial charge is 0.197 e. The van der Waals surface area contributed by atoms with Crippen molar-refractivity contribution in [2.45, 2.75) is 26.2 Å². The van der Waals surface area contributed by atoms with Crippen molar-refractivity contribution in [1.82, 2.24) is 20.2 Å². The smallest absolute Gasteiger partial charge is 0.162 e. The molecule has 0 aliphatic heterocycles. The molecule has 0 aliphatic rings. The van der Waals surface area contributed by atoms with Gasteiger partial charge in [0, 0.05) is 9.89 Å². The highest BCUT2D eigenvalue weighted by Crippen LogP contribution is 2.25. The zero-order valence-electron chi connectivity index (χ0n) is 11.6. The van der Waals surface area contributed by atoms with Crippen LogP contribution in [0.3, 0.4) is 0 Å². The second kappa shape index (κ2) is 4.66. The Kier molecular flexibility index (Phi) is 3.09. The molecule has 0 saturated heterocycles. The van der Waals surface area contributed by atoms with Gasteiger partial charge in [0.15, 0.2) is 5.82 Å². The Bertz CT molecular complexity index is 771. The Labute approximate surface area is 125 Å². The van der Waals surface area contributed by atoms with Crippen LogP contribution >= 0.6 is 15.9 Å². The molecule has 0 unspecified atom stereocenters. The van der Waals surface area contributed by atoms with Gasteiger partial charge in [0.05, 0.1) is 5.69 Å². The number of tetrazole rings is 1. The first-order valence-corrected chi connectivity index (χ1v) is 7.23. The van der Waals surface area contributed by atoms with E-state index in [1.54, 1.807) is 0 Å². The predicted molar refractivity (Wildman–Crippen MR) is 83.1 cm³/mol. The number of nitrogens with zero attached hydrogens (tertiary/aromatic N) is 4. The summed E-state index contributed by atoms with van der Waals surface area (Å²) in [4.78, 5) is 0. The Hall–Kier alpha value is -1.75. The van der Waals surface area contributed by atoms with Gasteiger partial charge in [0.1, 0.15) is 0 Å². The molecule has 3 rings (SSSR count). The van der Waals surface area contributed by atoms with Crippen LogP contribution in [-0.2, 0) is 5.41 Å². The van der Waals surface area contributed by atoms with Crippen LogP contribution in [0.5, 0.6) is 0 Å². The minimum Gasteiger partial charge on any atom is -0.197 e. The number of benzene rings is 2. The predicted octanol–water partition coefficient (Wildman–Crippen LogP) is 3.88. The van der Waals surface area contributed by atoms with E-state index in [0.717, 1.165) is 16.0 Å². The zero-order valence-corrected chi connectivity index (χ0v) is 13.2. The summed E-state index contributed by atoms with van der Waals surface area (Å²) in [6, 6.07) is 12.5. The number of aromatic nitrogens is 4. The average Bonchev–Trinajstić information content (AvgIpc) is 2.87. The molecule has 0 spiro atoms. The number of fused-ring (bicyclic) bond motifs is 1. The van der Waals surface area contributed by atoms with Gasteiger partial charge in [0.25, 0.3) is 0 Å². The van der Waals surface area contributed by atoms with Gasteiger partial charge in [-0.05, 0) is 45.5 Å². The maximum absolute atomic E-state index is 4.15. The van der Waals surface area contributed by atoms with Gasteiger partial charge in [-0.3, -0.25) is 0 Å². The van der Waals surface area contributed by atoms with Gasteiger partial charge in [-0.15, -0.1) is 5.10 Å². The maximum atomic E-state index is 4.15. The van der Waals surface area contributed by atoms with E-state index in [2.05, 4.69) is 76.5 Å². The van der Waals surface area contributed by atoms with Gasteiger partial charge >= 0.3 is 0 Å². The lowest BCUT2D eigenvalue weighted by molar-refractivity contribution is 0.526. The highest BCUT2D eigenvalue weighted by atomic mass is 79.9. The summed E-state index contributed by atoms with van der Waals surface area (Å²) in [7, 11) is 0. The fourth-order valence-corrected chi connectivity index (χ4v) is 2.54. The van der Waals surface area contributed by atoms with Gasteiger partial charge < -0.3 is 0 Å². The molecule has 1 heterocycles. The molecule has 5 heteroatoms. The van der Waals surface area contributed by atoms with Crippen molar-refractivity contribution < 1.29 is 0 Å². The Morgan fingerprint density at radius 1 is 1.00 bits per heavy atom. The average molecular weight is 331 g/mol. The SMILES string of the molecule is CC(C)(C)c1nnnn1-c1ccc2cc(Br)ccc2c1. The second-order valence-electron chi connectivity index (χ2n) is 5.84. The van der Waals surface area contributed by atoms with E-state index >= 15 is 0 Å². The van der Waals surface area contributed by atoms with Crippen LogP contribution in [0.25, 0.3) is 16.5 Å². The monoisotopic (exact) mass is 330 g/mol.